The van der Waals surface area contributed by atoms with Crippen molar-refractivity contribution < 1.29 is 9.53 Å². The van der Waals surface area contributed by atoms with E-state index in [0.717, 1.165) is 42.8 Å². The largest absolute Gasteiger partial charge is 0.497 e. The predicted molar refractivity (Wildman–Crippen MR) is 121 cm³/mol. The summed E-state index contributed by atoms with van der Waals surface area (Å²) in [5.74, 6) is 0.861. The monoisotopic (exact) mass is 422 g/mol. The second kappa shape index (κ2) is 9.39. The van der Waals surface area contributed by atoms with Crippen LogP contribution in [0.5, 0.6) is 5.75 Å². The molecule has 1 aliphatic heterocycles. The molecule has 4 rings (SSSR count). The first-order valence-electron chi connectivity index (χ1n) is 10.9. The molecule has 0 aliphatic carbocycles. The Hall–Kier alpha value is -3.06. The molecule has 0 N–H and O–H groups in total. The molecule has 7 nitrogen and oxygen atoms in total. The molecule has 0 atom stereocenters. The molecule has 0 spiro atoms. The van der Waals surface area contributed by atoms with Gasteiger partial charge in [-0.2, -0.15) is 0 Å². The summed E-state index contributed by atoms with van der Waals surface area (Å²) in [5, 5.41) is 0. The minimum Gasteiger partial charge on any atom is -0.497 e. The second-order valence-corrected chi connectivity index (χ2v) is 8.01. The number of aromatic nitrogens is 2. The summed E-state index contributed by atoms with van der Waals surface area (Å²) >= 11 is 0. The van der Waals surface area contributed by atoms with Gasteiger partial charge in [0.25, 0.3) is 0 Å². The van der Waals surface area contributed by atoms with Gasteiger partial charge < -0.3 is 9.64 Å². The van der Waals surface area contributed by atoms with Gasteiger partial charge in [0.05, 0.1) is 18.1 Å². The number of hydrogen-bond donors (Lipinski definition) is 0. The molecule has 1 amide bonds. The quantitative estimate of drug-likeness (QED) is 0.587. The lowest BCUT2D eigenvalue weighted by Crippen LogP contribution is -2.49. The third-order valence-electron chi connectivity index (χ3n) is 5.96. The van der Waals surface area contributed by atoms with Crippen molar-refractivity contribution in [3.8, 4) is 5.75 Å². The number of rotatable bonds is 7. The summed E-state index contributed by atoms with van der Waals surface area (Å²) in [5.41, 5.74) is 2.85. The van der Waals surface area contributed by atoms with Crippen molar-refractivity contribution in [2.24, 2.45) is 0 Å². The van der Waals surface area contributed by atoms with Crippen molar-refractivity contribution in [1.29, 1.82) is 0 Å². The maximum Gasteiger partial charge on any atom is 0.329 e. The Labute approximate surface area is 182 Å². The number of imidazole rings is 1. The molecular formula is C24H30N4O3. The van der Waals surface area contributed by atoms with E-state index in [4.69, 9.17) is 4.74 Å². The SMILES string of the molecule is CCCn1c(=O)n(CC(=O)N2CCN(Cc3ccc(OC)cc3)CC2)c2ccccc21. The fourth-order valence-corrected chi connectivity index (χ4v) is 4.24. The number of hydrogen-bond acceptors (Lipinski definition) is 4. The smallest absolute Gasteiger partial charge is 0.329 e. The van der Waals surface area contributed by atoms with Crippen LogP contribution in [-0.2, 0) is 24.4 Å². The highest BCUT2D eigenvalue weighted by atomic mass is 16.5. The van der Waals surface area contributed by atoms with E-state index in [1.54, 1.807) is 16.2 Å². The first kappa shape index (κ1) is 21.2. The maximum absolute atomic E-state index is 13.0. The Morgan fingerprint density at radius 1 is 0.935 bits per heavy atom. The third kappa shape index (κ3) is 4.51. The molecule has 2 heterocycles. The average molecular weight is 423 g/mol. The Balaban J connectivity index is 1.39. The molecule has 1 fully saturated rings. The van der Waals surface area contributed by atoms with Crippen molar-refractivity contribution in [1.82, 2.24) is 18.9 Å². The van der Waals surface area contributed by atoms with Gasteiger partial charge in [0.1, 0.15) is 12.3 Å². The van der Waals surface area contributed by atoms with Crippen molar-refractivity contribution in [3.63, 3.8) is 0 Å². The lowest BCUT2D eigenvalue weighted by atomic mass is 10.2. The Morgan fingerprint density at radius 3 is 2.19 bits per heavy atom. The average Bonchev–Trinajstić information content (AvgIpc) is 3.06. The fourth-order valence-electron chi connectivity index (χ4n) is 4.24. The van der Waals surface area contributed by atoms with Crippen LogP contribution in [0.25, 0.3) is 11.0 Å². The molecule has 164 valence electrons. The van der Waals surface area contributed by atoms with Crippen molar-refractivity contribution in [2.45, 2.75) is 33.0 Å². The van der Waals surface area contributed by atoms with E-state index in [9.17, 15) is 9.59 Å². The summed E-state index contributed by atoms with van der Waals surface area (Å²) in [6.07, 6.45) is 0.873. The van der Waals surface area contributed by atoms with Crippen LogP contribution < -0.4 is 10.4 Å². The zero-order valence-electron chi connectivity index (χ0n) is 18.3. The summed E-state index contributed by atoms with van der Waals surface area (Å²) in [7, 11) is 1.67. The highest BCUT2D eigenvalue weighted by Crippen LogP contribution is 2.16. The van der Waals surface area contributed by atoms with Crippen LogP contribution in [0.2, 0.25) is 0 Å². The molecule has 1 aliphatic rings. The topological polar surface area (TPSA) is 59.7 Å². The third-order valence-corrected chi connectivity index (χ3v) is 5.96. The van der Waals surface area contributed by atoms with Gasteiger partial charge in [-0.1, -0.05) is 31.2 Å². The lowest BCUT2D eigenvalue weighted by molar-refractivity contribution is -0.133. The summed E-state index contributed by atoms with van der Waals surface area (Å²) in [6, 6.07) is 15.8. The molecular weight excluding hydrogens is 392 g/mol. The second-order valence-electron chi connectivity index (χ2n) is 8.01. The zero-order chi connectivity index (χ0) is 21.8. The van der Waals surface area contributed by atoms with E-state index in [0.29, 0.717) is 19.6 Å². The number of fused-ring (bicyclic) bond motifs is 1. The number of nitrogens with zero attached hydrogens (tertiary/aromatic N) is 4. The van der Waals surface area contributed by atoms with Crippen LogP contribution in [0.4, 0.5) is 0 Å². The van der Waals surface area contributed by atoms with Gasteiger partial charge in [-0.3, -0.25) is 18.8 Å². The number of carbonyl (C=O) groups excluding carboxylic acids is 1. The highest BCUT2D eigenvalue weighted by molar-refractivity contribution is 5.81. The Bertz CT molecular complexity index is 1090. The van der Waals surface area contributed by atoms with E-state index in [1.807, 2.05) is 41.3 Å². The molecule has 0 unspecified atom stereocenters. The summed E-state index contributed by atoms with van der Waals surface area (Å²) in [4.78, 5) is 30.2. The van der Waals surface area contributed by atoms with Gasteiger partial charge in [-0.25, -0.2) is 4.79 Å². The Morgan fingerprint density at radius 2 is 1.58 bits per heavy atom. The minimum absolute atomic E-state index is 0.00518. The van der Waals surface area contributed by atoms with Crippen LogP contribution >= 0.6 is 0 Å². The minimum atomic E-state index is -0.102. The molecule has 1 saturated heterocycles. The maximum atomic E-state index is 13.0. The number of piperazine rings is 1. The fraction of sp³-hybridized carbons (Fsp3) is 0.417. The standard InChI is InChI=1S/C24H30N4O3/c1-3-12-27-21-6-4-5-7-22(21)28(24(27)30)18-23(29)26-15-13-25(14-16-26)17-19-8-10-20(31-2)11-9-19/h4-11H,3,12-18H2,1-2H3. The predicted octanol–water partition coefficient (Wildman–Crippen LogP) is 2.57. The summed E-state index contributed by atoms with van der Waals surface area (Å²) < 4.78 is 8.61. The van der Waals surface area contributed by atoms with Gasteiger partial charge in [0.2, 0.25) is 5.91 Å². The van der Waals surface area contributed by atoms with Crippen LogP contribution in [0, 0.1) is 0 Å². The first-order chi connectivity index (χ1) is 15.1. The van der Waals surface area contributed by atoms with E-state index < -0.39 is 0 Å². The van der Waals surface area contributed by atoms with Gasteiger partial charge in [-0.15, -0.1) is 0 Å². The molecule has 1 aromatic heterocycles. The highest BCUT2D eigenvalue weighted by Gasteiger charge is 2.23. The number of benzene rings is 2. The van der Waals surface area contributed by atoms with Gasteiger partial charge >= 0.3 is 5.69 Å². The summed E-state index contributed by atoms with van der Waals surface area (Å²) in [6.45, 7) is 6.66. The van der Waals surface area contributed by atoms with Gasteiger partial charge in [0.15, 0.2) is 0 Å². The van der Waals surface area contributed by atoms with Crippen LogP contribution in [0.15, 0.2) is 53.3 Å². The van der Waals surface area contributed by atoms with Crippen LogP contribution in [0.1, 0.15) is 18.9 Å². The molecule has 2 aromatic carbocycles. The molecule has 31 heavy (non-hydrogen) atoms. The van der Waals surface area contributed by atoms with E-state index in [-0.39, 0.29) is 18.1 Å². The number of aryl methyl sites for hydroxylation is 1. The normalized spacial score (nSPS) is 14.8. The number of para-hydroxylation sites is 2. The molecule has 3 aromatic rings. The van der Waals surface area contributed by atoms with Crippen molar-refractivity contribution >= 4 is 16.9 Å². The molecule has 0 saturated carbocycles. The molecule has 0 radical (unpaired) electrons. The number of ether oxygens (including phenoxy) is 1. The van der Waals surface area contributed by atoms with E-state index >= 15 is 0 Å². The molecule has 0 bridgehead atoms. The number of methoxy groups -OCH3 is 1. The van der Waals surface area contributed by atoms with Crippen LogP contribution in [-0.4, -0.2) is 58.1 Å². The first-order valence-corrected chi connectivity index (χ1v) is 10.9. The molecule has 7 heteroatoms. The van der Waals surface area contributed by atoms with Crippen LogP contribution in [0.3, 0.4) is 0 Å². The number of amides is 1. The lowest BCUT2D eigenvalue weighted by Gasteiger charge is -2.34. The van der Waals surface area contributed by atoms with Crippen molar-refractivity contribution in [2.75, 3.05) is 33.3 Å². The van der Waals surface area contributed by atoms with Crippen molar-refractivity contribution in [3.05, 3.63) is 64.6 Å². The van der Waals surface area contributed by atoms with E-state index in [2.05, 4.69) is 24.0 Å². The Kier molecular flexibility index (Phi) is 6.42. The van der Waals surface area contributed by atoms with Gasteiger partial charge in [0, 0.05) is 39.3 Å². The zero-order valence-corrected chi connectivity index (χ0v) is 18.3. The van der Waals surface area contributed by atoms with E-state index in [1.165, 1.54) is 5.56 Å². The van der Waals surface area contributed by atoms with Gasteiger partial charge in [-0.05, 0) is 36.2 Å². The number of carbonyl (C=O) groups is 1.